The van der Waals surface area contributed by atoms with E-state index in [1.54, 1.807) is 0 Å². The molecule has 0 aliphatic carbocycles. The van der Waals surface area contributed by atoms with Crippen LogP contribution >= 0.6 is 11.3 Å². The van der Waals surface area contributed by atoms with E-state index in [0.29, 0.717) is 10.7 Å². The molecule has 2 N–H and O–H groups in total. The lowest BCUT2D eigenvalue weighted by Gasteiger charge is -2.04. The zero-order valence-electron chi connectivity index (χ0n) is 10.9. The summed E-state index contributed by atoms with van der Waals surface area (Å²) in [6.07, 6.45) is 1.03. The van der Waals surface area contributed by atoms with Gasteiger partial charge in [0.2, 0.25) is 0 Å². The third kappa shape index (κ3) is 2.33. The van der Waals surface area contributed by atoms with E-state index in [2.05, 4.69) is 15.6 Å². The summed E-state index contributed by atoms with van der Waals surface area (Å²) in [5, 5.41) is 6.79. The smallest absolute Gasteiger partial charge is 0.257 e. The molecule has 0 saturated heterocycles. The van der Waals surface area contributed by atoms with Gasteiger partial charge in [-0.25, -0.2) is 4.98 Å². The minimum Gasteiger partial charge on any atom is -0.384 e. The van der Waals surface area contributed by atoms with Gasteiger partial charge in [-0.05, 0) is 38.0 Å². The van der Waals surface area contributed by atoms with Crippen LogP contribution in [0.2, 0.25) is 0 Å². The number of thiazole rings is 1. The van der Waals surface area contributed by atoms with Gasteiger partial charge >= 0.3 is 0 Å². The third-order valence-corrected chi connectivity index (χ3v) is 4.32. The lowest BCUT2D eigenvalue weighted by molar-refractivity contribution is 0.102. The van der Waals surface area contributed by atoms with Gasteiger partial charge in [0.05, 0.1) is 5.69 Å². The maximum atomic E-state index is 12.2. The van der Waals surface area contributed by atoms with Crippen LogP contribution in [0.1, 0.15) is 26.5 Å². The van der Waals surface area contributed by atoms with Crippen LogP contribution in [0, 0.1) is 13.8 Å². The zero-order chi connectivity index (χ0) is 13.4. The van der Waals surface area contributed by atoms with Gasteiger partial charge < -0.3 is 5.32 Å². The monoisotopic (exact) mass is 273 g/mol. The molecule has 0 radical (unpaired) electrons. The highest BCUT2D eigenvalue weighted by molar-refractivity contribution is 7.15. The van der Waals surface area contributed by atoms with Gasteiger partial charge in [0.25, 0.3) is 5.91 Å². The molecule has 3 rings (SSSR count). The standard InChI is InChI=1S/C14H15N3OS/c1-8-9(2)19-14(16-8)17-13(18)11-4-3-10-5-6-15-12(10)7-11/h3-4,7,15H,5-6H2,1-2H3,(H,16,17,18). The van der Waals surface area contributed by atoms with Crippen molar-refractivity contribution in [1.29, 1.82) is 0 Å². The van der Waals surface area contributed by atoms with Crippen molar-refractivity contribution in [3.05, 3.63) is 39.9 Å². The molecule has 0 bridgehead atoms. The van der Waals surface area contributed by atoms with Gasteiger partial charge in [-0.3, -0.25) is 10.1 Å². The number of hydrogen-bond donors (Lipinski definition) is 2. The number of aryl methyl sites for hydroxylation is 2. The lowest BCUT2D eigenvalue weighted by atomic mass is 10.1. The molecule has 98 valence electrons. The van der Waals surface area contributed by atoms with Gasteiger partial charge in [0, 0.05) is 22.7 Å². The Labute approximate surface area is 115 Å². The topological polar surface area (TPSA) is 54.0 Å². The summed E-state index contributed by atoms with van der Waals surface area (Å²) in [4.78, 5) is 17.6. The van der Waals surface area contributed by atoms with Crippen molar-refractivity contribution in [2.45, 2.75) is 20.3 Å². The van der Waals surface area contributed by atoms with E-state index in [-0.39, 0.29) is 5.91 Å². The second kappa shape index (κ2) is 4.66. The first-order chi connectivity index (χ1) is 9.13. The molecular weight excluding hydrogens is 258 g/mol. The average Bonchev–Trinajstić information content (AvgIpc) is 2.96. The largest absolute Gasteiger partial charge is 0.384 e. The quantitative estimate of drug-likeness (QED) is 0.884. The molecule has 4 nitrogen and oxygen atoms in total. The van der Waals surface area contributed by atoms with E-state index in [0.717, 1.165) is 29.2 Å². The highest BCUT2D eigenvalue weighted by atomic mass is 32.1. The van der Waals surface area contributed by atoms with Crippen molar-refractivity contribution < 1.29 is 4.79 Å². The number of benzene rings is 1. The second-order valence-corrected chi connectivity index (χ2v) is 5.87. The van der Waals surface area contributed by atoms with E-state index in [9.17, 15) is 4.79 Å². The van der Waals surface area contributed by atoms with Crippen molar-refractivity contribution in [1.82, 2.24) is 4.98 Å². The summed E-state index contributed by atoms with van der Waals surface area (Å²) in [6, 6.07) is 5.79. The van der Waals surface area contributed by atoms with E-state index in [1.807, 2.05) is 32.0 Å². The number of anilines is 2. The molecule has 1 amide bonds. The van der Waals surface area contributed by atoms with Crippen LogP contribution in [0.3, 0.4) is 0 Å². The summed E-state index contributed by atoms with van der Waals surface area (Å²) >= 11 is 1.50. The van der Waals surface area contributed by atoms with Gasteiger partial charge in [0.15, 0.2) is 5.13 Å². The van der Waals surface area contributed by atoms with E-state index in [4.69, 9.17) is 0 Å². The Bertz CT molecular complexity index is 629. The Balaban J connectivity index is 1.80. The number of nitrogens with zero attached hydrogens (tertiary/aromatic N) is 1. The fourth-order valence-electron chi connectivity index (χ4n) is 2.13. The van der Waals surface area contributed by atoms with Crippen LogP contribution in [0.4, 0.5) is 10.8 Å². The highest BCUT2D eigenvalue weighted by Gasteiger charge is 2.14. The number of carbonyl (C=O) groups excluding carboxylic acids is 1. The fourth-order valence-corrected chi connectivity index (χ4v) is 2.94. The maximum Gasteiger partial charge on any atom is 0.257 e. The van der Waals surface area contributed by atoms with Crippen LogP contribution < -0.4 is 10.6 Å². The van der Waals surface area contributed by atoms with Gasteiger partial charge in [-0.15, -0.1) is 11.3 Å². The fraction of sp³-hybridized carbons (Fsp3) is 0.286. The zero-order valence-corrected chi connectivity index (χ0v) is 11.7. The molecule has 0 unspecified atom stereocenters. The maximum absolute atomic E-state index is 12.2. The molecule has 1 aromatic heterocycles. The Morgan fingerprint density at radius 3 is 3.00 bits per heavy atom. The highest BCUT2D eigenvalue weighted by Crippen LogP contribution is 2.25. The Hall–Kier alpha value is -1.88. The molecule has 1 aromatic carbocycles. The number of nitrogens with one attached hydrogen (secondary N) is 2. The molecule has 1 aliphatic rings. The van der Waals surface area contributed by atoms with Crippen LogP contribution in [-0.4, -0.2) is 17.4 Å². The molecule has 2 aromatic rings. The Kier molecular flexibility index (Phi) is 2.98. The van der Waals surface area contributed by atoms with Crippen LogP contribution in [0.15, 0.2) is 18.2 Å². The first-order valence-electron chi connectivity index (χ1n) is 6.25. The SMILES string of the molecule is Cc1nc(NC(=O)c2ccc3c(c2)NCC3)sc1C. The molecular formula is C14H15N3OS. The minimum atomic E-state index is -0.106. The van der Waals surface area contributed by atoms with Crippen molar-refractivity contribution in [3.8, 4) is 0 Å². The number of hydrogen-bond acceptors (Lipinski definition) is 4. The van der Waals surface area contributed by atoms with Crippen LogP contribution in [0.25, 0.3) is 0 Å². The van der Waals surface area contributed by atoms with Crippen molar-refractivity contribution in [2.75, 3.05) is 17.2 Å². The normalized spacial score (nSPS) is 12.9. The lowest BCUT2D eigenvalue weighted by Crippen LogP contribution is -2.11. The number of amides is 1. The molecule has 19 heavy (non-hydrogen) atoms. The van der Waals surface area contributed by atoms with Crippen molar-refractivity contribution in [3.63, 3.8) is 0 Å². The van der Waals surface area contributed by atoms with Crippen LogP contribution in [-0.2, 0) is 6.42 Å². The van der Waals surface area contributed by atoms with Crippen molar-refractivity contribution >= 4 is 28.1 Å². The molecule has 2 heterocycles. The number of aromatic nitrogens is 1. The van der Waals surface area contributed by atoms with E-state index in [1.165, 1.54) is 16.9 Å². The van der Waals surface area contributed by atoms with Crippen molar-refractivity contribution in [2.24, 2.45) is 0 Å². The van der Waals surface area contributed by atoms with Gasteiger partial charge in [-0.2, -0.15) is 0 Å². The first-order valence-corrected chi connectivity index (χ1v) is 7.07. The predicted molar refractivity (Wildman–Crippen MR) is 78.2 cm³/mol. The second-order valence-electron chi connectivity index (χ2n) is 4.66. The number of fused-ring (bicyclic) bond motifs is 1. The average molecular weight is 273 g/mol. The van der Waals surface area contributed by atoms with Gasteiger partial charge in [-0.1, -0.05) is 6.07 Å². The Morgan fingerprint density at radius 2 is 2.26 bits per heavy atom. The summed E-state index contributed by atoms with van der Waals surface area (Å²) in [5.74, 6) is -0.106. The first kappa shape index (κ1) is 12.2. The summed E-state index contributed by atoms with van der Waals surface area (Å²) < 4.78 is 0. The molecule has 0 saturated carbocycles. The third-order valence-electron chi connectivity index (χ3n) is 3.33. The predicted octanol–water partition coefficient (Wildman–Crippen LogP) is 2.98. The summed E-state index contributed by atoms with van der Waals surface area (Å²) in [7, 11) is 0. The van der Waals surface area contributed by atoms with Gasteiger partial charge in [0.1, 0.15) is 0 Å². The number of rotatable bonds is 2. The molecule has 0 atom stereocenters. The molecule has 0 spiro atoms. The molecule has 1 aliphatic heterocycles. The molecule has 0 fully saturated rings. The number of carbonyl (C=O) groups is 1. The summed E-state index contributed by atoms with van der Waals surface area (Å²) in [5.41, 5.74) is 3.98. The van der Waals surface area contributed by atoms with E-state index < -0.39 is 0 Å². The summed E-state index contributed by atoms with van der Waals surface area (Å²) in [6.45, 7) is 4.90. The minimum absolute atomic E-state index is 0.106. The van der Waals surface area contributed by atoms with Crippen LogP contribution in [0.5, 0.6) is 0 Å². The Morgan fingerprint density at radius 1 is 1.42 bits per heavy atom. The van der Waals surface area contributed by atoms with E-state index >= 15 is 0 Å². The molecule has 5 heteroatoms.